The van der Waals surface area contributed by atoms with Crippen LogP contribution >= 0.6 is 0 Å². The Morgan fingerprint density at radius 2 is 1.03 bits per heavy atom. The lowest BCUT2D eigenvalue weighted by Gasteiger charge is -2.44. The van der Waals surface area contributed by atoms with Gasteiger partial charge < -0.3 is 14.2 Å². The minimum Gasteiger partial charge on any atom is -0.311 e. The van der Waals surface area contributed by atoms with Gasteiger partial charge in [0.05, 0.1) is 5.69 Å². The summed E-state index contributed by atoms with van der Waals surface area (Å²) in [5.41, 5.74) is 21.3. The topological polar surface area (TPSA) is 14.1 Å². The molecule has 0 amide bonds. The quantitative estimate of drug-likeness (QED) is 0.148. The summed E-state index contributed by atoms with van der Waals surface area (Å²) in [4.78, 5) is 7.58. The Balaban J connectivity index is 1.11. The molecule has 0 fully saturated rings. The van der Waals surface area contributed by atoms with E-state index < -0.39 is 0 Å². The normalized spacial score (nSPS) is 13.0. The predicted octanol–water partition coefficient (Wildman–Crippen LogP) is 16.6. The Hall–Kier alpha value is -8.54. The third-order valence-corrected chi connectivity index (χ3v) is 15.2. The highest BCUT2D eigenvalue weighted by Crippen LogP contribution is 2.49. The lowest BCUT2D eigenvalue weighted by Crippen LogP contribution is -2.61. The fraction of sp³-hybridized carbons (Fsp3) is 0.118. The van der Waals surface area contributed by atoms with Crippen molar-refractivity contribution in [3.05, 3.63) is 248 Å². The van der Waals surface area contributed by atoms with Crippen molar-refractivity contribution < 1.29 is 0 Å². The van der Waals surface area contributed by atoms with Crippen molar-refractivity contribution in [3.63, 3.8) is 0 Å². The van der Waals surface area contributed by atoms with Gasteiger partial charge in [0.2, 0.25) is 0 Å². The van der Waals surface area contributed by atoms with Gasteiger partial charge >= 0.3 is 0 Å². The molecule has 0 saturated heterocycles. The first-order valence-corrected chi connectivity index (χ1v) is 25.7. The summed E-state index contributed by atoms with van der Waals surface area (Å²) in [6.07, 6.45) is 2.23. The molecule has 0 saturated carbocycles. The third kappa shape index (κ3) is 7.44. The number of para-hydroxylation sites is 2. The van der Waals surface area contributed by atoms with Crippen molar-refractivity contribution >= 4 is 90.7 Å². The molecule has 11 aromatic rings. The molecule has 2 aliphatic heterocycles. The van der Waals surface area contributed by atoms with E-state index in [9.17, 15) is 0 Å². The highest BCUT2D eigenvalue weighted by Gasteiger charge is 2.46. The van der Waals surface area contributed by atoms with E-state index in [0.29, 0.717) is 0 Å². The number of benzene rings is 9. The maximum Gasteiger partial charge on any atom is 0.254 e. The number of hydrogen-bond acceptors (Lipinski definition) is 3. The minimum atomic E-state index is -0.145. The average Bonchev–Trinajstić information content (AvgIpc) is 3.80. The Morgan fingerprint density at radius 3 is 1.77 bits per heavy atom. The molecule has 9 aromatic carbocycles. The number of aromatic nitrogens is 1. The minimum absolute atomic E-state index is 0.0491. The molecule has 13 rings (SSSR count). The van der Waals surface area contributed by atoms with Gasteiger partial charge in [0.25, 0.3) is 6.71 Å². The second kappa shape index (κ2) is 17.1. The van der Waals surface area contributed by atoms with Crippen LogP contribution in [0.4, 0.5) is 51.3 Å². The molecule has 0 bridgehead atoms. The first kappa shape index (κ1) is 44.4. The van der Waals surface area contributed by atoms with Gasteiger partial charge in [-0.05, 0) is 157 Å². The predicted molar refractivity (Wildman–Crippen MR) is 312 cm³/mol. The SMILES string of the molecule is CC(C)(C)c1ccc(N(c2cccc(-c3cccc4ccccc34)c2)c2ccc3c(c2)N(c2ccccc2)c2cc(C(C)(C)C)cc4c2B3c2cc3ccccn3c2N4c2ccccc2)c(-c2ccccc2)c1. The molecule has 352 valence electrons. The molecule has 2 aromatic heterocycles. The molecule has 2 aliphatic rings. The van der Waals surface area contributed by atoms with E-state index in [1.54, 1.807) is 0 Å². The largest absolute Gasteiger partial charge is 0.311 e. The van der Waals surface area contributed by atoms with E-state index in [1.807, 2.05) is 0 Å². The molecule has 4 nitrogen and oxygen atoms in total. The van der Waals surface area contributed by atoms with Crippen molar-refractivity contribution in [3.8, 4) is 22.3 Å². The van der Waals surface area contributed by atoms with Crippen LogP contribution < -0.4 is 31.1 Å². The van der Waals surface area contributed by atoms with Gasteiger partial charge in [0.1, 0.15) is 5.82 Å². The number of pyridine rings is 1. The van der Waals surface area contributed by atoms with E-state index >= 15 is 0 Å². The highest BCUT2D eigenvalue weighted by molar-refractivity contribution is 7.00. The maximum absolute atomic E-state index is 2.55. The van der Waals surface area contributed by atoms with E-state index in [4.69, 9.17) is 0 Å². The molecule has 0 aliphatic carbocycles. The smallest absolute Gasteiger partial charge is 0.254 e. The summed E-state index contributed by atoms with van der Waals surface area (Å²) in [7, 11) is 0. The van der Waals surface area contributed by atoms with Gasteiger partial charge in [0.15, 0.2) is 0 Å². The molecule has 5 heteroatoms. The molecule has 73 heavy (non-hydrogen) atoms. The van der Waals surface area contributed by atoms with Crippen LogP contribution in [0.1, 0.15) is 52.7 Å². The van der Waals surface area contributed by atoms with Crippen LogP contribution in [0.5, 0.6) is 0 Å². The number of nitrogens with zero attached hydrogens (tertiary/aromatic N) is 4. The van der Waals surface area contributed by atoms with Crippen LogP contribution in [-0.2, 0) is 10.8 Å². The average molecular weight is 941 g/mol. The highest BCUT2D eigenvalue weighted by atomic mass is 15.2. The van der Waals surface area contributed by atoms with Crippen LogP contribution in [0.15, 0.2) is 237 Å². The zero-order valence-electron chi connectivity index (χ0n) is 42.4. The first-order valence-electron chi connectivity index (χ1n) is 25.7. The van der Waals surface area contributed by atoms with E-state index in [2.05, 4.69) is 297 Å². The molecule has 0 atom stereocenters. The number of rotatable bonds is 7. The second-order valence-corrected chi connectivity index (χ2v) is 21.9. The van der Waals surface area contributed by atoms with Gasteiger partial charge in [-0.2, -0.15) is 0 Å². The van der Waals surface area contributed by atoms with E-state index in [0.717, 1.165) is 34.1 Å². The van der Waals surface area contributed by atoms with Crippen LogP contribution in [0.3, 0.4) is 0 Å². The molecular formula is C68H57BN4. The fourth-order valence-electron chi connectivity index (χ4n) is 11.6. The van der Waals surface area contributed by atoms with Crippen molar-refractivity contribution in [2.45, 2.75) is 52.4 Å². The zero-order chi connectivity index (χ0) is 49.6. The zero-order valence-corrected chi connectivity index (χ0v) is 42.4. The van der Waals surface area contributed by atoms with Gasteiger partial charge in [-0.1, -0.05) is 181 Å². The van der Waals surface area contributed by atoms with Crippen molar-refractivity contribution in [1.29, 1.82) is 0 Å². The summed E-state index contributed by atoms with van der Waals surface area (Å²) in [5.74, 6) is 1.18. The van der Waals surface area contributed by atoms with Crippen molar-refractivity contribution in [2.24, 2.45) is 0 Å². The monoisotopic (exact) mass is 940 g/mol. The van der Waals surface area contributed by atoms with Crippen molar-refractivity contribution in [1.82, 2.24) is 4.40 Å². The van der Waals surface area contributed by atoms with Gasteiger partial charge in [-0.3, -0.25) is 4.90 Å². The number of fused-ring (bicyclic) bond motifs is 7. The molecule has 4 heterocycles. The Bertz CT molecular complexity index is 3900. The summed E-state index contributed by atoms with van der Waals surface area (Å²) >= 11 is 0. The summed E-state index contributed by atoms with van der Waals surface area (Å²) in [6.45, 7) is 13.9. The number of hydrogen-bond donors (Lipinski definition) is 0. The van der Waals surface area contributed by atoms with Crippen LogP contribution in [0.25, 0.3) is 38.5 Å². The van der Waals surface area contributed by atoms with Crippen LogP contribution in [0.2, 0.25) is 0 Å². The lowest BCUT2D eigenvalue weighted by atomic mass is 9.34. The lowest BCUT2D eigenvalue weighted by molar-refractivity contribution is 0.590. The van der Waals surface area contributed by atoms with E-state index in [1.165, 1.54) is 83.3 Å². The second-order valence-electron chi connectivity index (χ2n) is 21.9. The number of anilines is 9. The van der Waals surface area contributed by atoms with E-state index in [-0.39, 0.29) is 17.5 Å². The Kier molecular flexibility index (Phi) is 10.4. The summed E-state index contributed by atoms with van der Waals surface area (Å²) in [6, 6.07) is 85.8. The van der Waals surface area contributed by atoms with Gasteiger partial charge in [-0.15, -0.1) is 0 Å². The Labute approximate surface area is 430 Å². The standard InChI is InChI=1S/C68H57BN4/c1-67(2,3)49-35-38-61(58(41-49)47-22-10-7-11-23-47)71(54-32-20-26-48(40-54)57-34-21-25-46-24-16-17-33-56(46)57)55-36-37-59-62(45-55)72(51-27-12-8-13-28-51)63-42-50(68(4,5)6)43-64-65(63)69(59)60-44-53-31-18-19-39-70(53)66(60)73(64)52-29-14-9-15-30-52/h7-45H,1-6H3. The third-order valence-electron chi connectivity index (χ3n) is 15.2. The van der Waals surface area contributed by atoms with Gasteiger partial charge in [-0.25, -0.2) is 0 Å². The first-order chi connectivity index (χ1) is 35.5. The Morgan fingerprint density at radius 1 is 0.411 bits per heavy atom. The maximum atomic E-state index is 2.55. The molecule has 0 radical (unpaired) electrons. The van der Waals surface area contributed by atoms with Gasteiger partial charge in [0, 0.05) is 57.1 Å². The van der Waals surface area contributed by atoms with Crippen LogP contribution in [0, 0.1) is 0 Å². The molecule has 0 N–H and O–H groups in total. The molecular weight excluding hydrogens is 884 g/mol. The van der Waals surface area contributed by atoms with Crippen LogP contribution in [-0.4, -0.2) is 11.1 Å². The summed E-state index contributed by atoms with van der Waals surface area (Å²) < 4.78 is 2.39. The summed E-state index contributed by atoms with van der Waals surface area (Å²) in [5, 5.41) is 2.47. The molecule has 0 spiro atoms. The van der Waals surface area contributed by atoms with Crippen molar-refractivity contribution in [2.75, 3.05) is 14.7 Å². The fourth-order valence-corrected chi connectivity index (χ4v) is 11.6. The molecule has 0 unspecified atom stereocenters.